The molecule has 0 aromatic heterocycles. The molecule has 1 atom stereocenters. The minimum Gasteiger partial charge on any atom is -0.495 e. The lowest BCUT2D eigenvalue weighted by Gasteiger charge is -2.32. The number of carbonyl (C=O) groups excluding carboxylic acids is 2. The molecule has 0 aliphatic carbocycles. The number of sulfonamides is 1. The van der Waals surface area contributed by atoms with Crippen molar-refractivity contribution in [2.24, 2.45) is 0 Å². The largest absolute Gasteiger partial charge is 0.495 e. The fourth-order valence-corrected chi connectivity index (χ4v) is 4.47. The molecule has 2 aromatic rings. The van der Waals surface area contributed by atoms with E-state index in [1.807, 2.05) is 13.8 Å². The van der Waals surface area contributed by atoms with Crippen LogP contribution in [0, 0.1) is 6.92 Å². The molecule has 2 aromatic carbocycles. The second-order valence-electron chi connectivity index (χ2n) is 8.41. The van der Waals surface area contributed by atoms with Crippen molar-refractivity contribution in [3.8, 4) is 5.75 Å². The van der Waals surface area contributed by atoms with Crippen molar-refractivity contribution in [2.45, 2.75) is 46.2 Å². The molecule has 0 bridgehead atoms. The zero-order valence-electron chi connectivity index (χ0n) is 20.9. The van der Waals surface area contributed by atoms with Gasteiger partial charge in [0.05, 0.1) is 19.1 Å². The van der Waals surface area contributed by atoms with Crippen LogP contribution in [0.5, 0.6) is 5.75 Å². The summed E-state index contributed by atoms with van der Waals surface area (Å²) >= 11 is 5.99. The van der Waals surface area contributed by atoms with E-state index in [0.717, 1.165) is 34.5 Å². The van der Waals surface area contributed by atoms with Crippen LogP contribution < -0.4 is 14.4 Å². The Labute approximate surface area is 213 Å². The van der Waals surface area contributed by atoms with Gasteiger partial charge in [0, 0.05) is 18.1 Å². The van der Waals surface area contributed by atoms with E-state index < -0.39 is 28.5 Å². The Balaban J connectivity index is 2.41. The number of halogens is 1. The first-order valence-electron chi connectivity index (χ1n) is 11.4. The molecule has 0 heterocycles. The molecule has 1 N–H and O–H groups in total. The summed E-state index contributed by atoms with van der Waals surface area (Å²) in [4.78, 5) is 27.8. The van der Waals surface area contributed by atoms with Gasteiger partial charge in [0.15, 0.2) is 0 Å². The number of nitrogens with zero attached hydrogens (tertiary/aromatic N) is 2. The van der Waals surface area contributed by atoms with E-state index >= 15 is 0 Å². The molecule has 35 heavy (non-hydrogen) atoms. The highest BCUT2D eigenvalue weighted by Crippen LogP contribution is 2.31. The zero-order chi connectivity index (χ0) is 26.2. The maximum Gasteiger partial charge on any atom is 0.244 e. The van der Waals surface area contributed by atoms with Crippen molar-refractivity contribution < 1.29 is 22.7 Å². The Hall–Kier alpha value is -2.78. The summed E-state index contributed by atoms with van der Waals surface area (Å²) in [5.74, 6) is -0.504. The number of aryl methyl sites for hydroxylation is 1. The predicted octanol–water partition coefficient (Wildman–Crippen LogP) is 3.76. The van der Waals surface area contributed by atoms with E-state index in [0.29, 0.717) is 17.3 Å². The highest BCUT2D eigenvalue weighted by molar-refractivity contribution is 7.92. The van der Waals surface area contributed by atoms with Gasteiger partial charge in [0.25, 0.3) is 0 Å². The molecule has 0 spiro atoms. The Morgan fingerprint density at radius 1 is 1.14 bits per heavy atom. The van der Waals surface area contributed by atoms with Crippen LogP contribution in [-0.2, 0) is 26.2 Å². The van der Waals surface area contributed by atoms with Gasteiger partial charge in [-0.3, -0.25) is 13.9 Å². The quantitative estimate of drug-likeness (QED) is 0.427. The lowest BCUT2D eigenvalue weighted by Crippen LogP contribution is -2.51. The normalized spacial score (nSPS) is 12.1. The predicted molar refractivity (Wildman–Crippen MR) is 139 cm³/mol. The molecule has 0 unspecified atom stereocenters. The first-order chi connectivity index (χ1) is 16.5. The topological polar surface area (TPSA) is 96.0 Å². The average molecular weight is 524 g/mol. The van der Waals surface area contributed by atoms with Gasteiger partial charge in [-0.15, -0.1) is 0 Å². The van der Waals surface area contributed by atoms with Crippen molar-refractivity contribution in [1.29, 1.82) is 0 Å². The molecule has 0 aliphatic heterocycles. The fourth-order valence-electron chi connectivity index (χ4n) is 3.49. The Morgan fingerprint density at radius 2 is 1.80 bits per heavy atom. The molecule has 0 saturated carbocycles. The van der Waals surface area contributed by atoms with Crippen LogP contribution in [0.4, 0.5) is 5.69 Å². The number of hydrogen-bond donors (Lipinski definition) is 1. The highest BCUT2D eigenvalue weighted by Gasteiger charge is 2.31. The zero-order valence-corrected chi connectivity index (χ0v) is 22.4. The molecule has 0 fully saturated rings. The van der Waals surface area contributed by atoms with Crippen molar-refractivity contribution in [1.82, 2.24) is 10.2 Å². The lowest BCUT2D eigenvalue weighted by molar-refractivity contribution is -0.139. The second-order valence-corrected chi connectivity index (χ2v) is 10.8. The average Bonchev–Trinajstić information content (AvgIpc) is 2.80. The van der Waals surface area contributed by atoms with Gasteiger partial charge in [0.2, 0.25) is 21.8 Å². The van der Waals surface area contributed by atoms with E-state index in [2.05, 4.69) is 5.32 Å². The number of anilines is 1. The third-order valence-corrected chi connectivity index (χ3v) is 6.92. The highest BCUT2D eigenvalue weighted by atomic mass is 35.5. The molecule has 192 valence electrons. The van der Waals surface area contributed by atoms with E-state index in [-0.39, 0.29) is 18.1 Å². The number of hydrogen-bond acceptors (Lipinski definition) is 5. The number of ether oxygens (including phenoxy) is 1. The second kappa shape index (κ2) is 12.8. The maximum absolute atomic E-state index is 13.6. The SMILES string of the molecule is CCCCNC(=O)[C@H](C)N(Cc1ccc(Cl)cc1)C(=O)CN(c1cc(C)ccc1OC)S(C)(=O)=O. The van der Waals surface area contributed by atoms with Gasteiger partial charge in [-0.25, -0.2) is 8.42 Å². The number of carbonyl (C=O) groups is 2. The van der Waals surface area contributed by atoms with Crippen LogP contribution >= 0.6 is 11.6 Å². The summed E-state index contributed by atoms with van der Waals surface area (Å²) in [6.45, 7) is 5.59. The van der Waals surface area contributed by atoms with E-state index in [4.69, 9.17) is 16.3 Å². The van der Waals surface area contributed by atoms with Crippen LogP contribution in [0.1, 0.15) is 37.8 Å². The number of methoxy groups -OCH3 is 1. The molecule has 0 saturated heterocycles. The van der Waals surface area contributed by atoms with Crippen LogP contribution in [0.3, 0.4) is 0 Å². The standard InChI is InChI=1S/C25H34ClN3O5S/c1-6-7-14-27-25(31)19(3)28(16-20-9-11-21(26)12-10-20)24(30)17-29(35(5,32)33)22-15-18(2)8-13-23(22)34-4/h8-13,15,19H,6-7,14,16-17H2,1-5H3,(H,27,31)/t19-/m0/s1. The van der Waals surface area contributed by atoms with Gasteiger partial charge in [-0.2, -0.15) is 0 Å². The molecular weight excluding hydrogens is 490 g/mol. The third kappa shape index (κ3) is 8.14. The number of benzene rings is 2. The fraction of sp³-hybridized carbons (Fsp3) is 0.440. The van der Waals surface area contributed by atoms with Crippen LogP contribution in [0.2, 0.25) is 5.02 Å². The van der Waals surface area contributed by atoms with E-state index in [9.17, 15) is 18.0 Å². The number of nitrogens with one attached hydrogen (secondary N) is 1. The molecular formula is C25H34ClN3O5S. The number of rotatable bonds is 12. The molecule has 8 nitrogen and oxygen atoms in total. The number of unbranched alkanes of at least 4 members (excludes halogenated alkanes) is 1. The Kier molecular flexibility index (Phi) is 10.4. The van der Waals surface area contributed by atoms with E-state index in [1.165, 1.54) is 12.0 Å². The third-order valence-electron chi connectivity index (χ3n) is 5.55. The smallest absolute Gasteiger partial charge is 0.244 e. The maximum atomic E-state index is 13.6. The summed E-state index contributed by atoms with van der Waals surface area (Å²) in [7, 11) is -2.41. The summed E-state index contributed by atoms with van der Waals surface area (Å²) < 4.78 is 31.9. The van der Waals surface area contributed by atoms with Crippen molar-refractivity contribution in [3.63, 3.8) is 0 Å². The van der Waals surface area contributed by atoms with Crippen molar-refractivity contribution in [2.75, 3.05) is 30.8 Å². The number of amides is 2. The summed E-state index contributed by atoms with van der Waals surface area (Å²) in [5.41, 5.74) is 1.83. The molecule has 0 radical (unpaired) electrons. The Bertz CT molecular complexity index is 1120. The van der Waals surface area contributed by atoms with Crippen molar-refractivity contribution in [3.05, 3.63) is 58.6 Å². The molecule has 0 aliphatic rings. The lowest BCUT2D eigenvalue weighted by atomic mass is 10.1. The summed E-state index contributed by atoms with van der Waals surface area (Å²) in [5, 5.41) is 3.40. The van der Waals surface area contributed by atoms with Gasteiger partial charge >= 0.3 is 0 Å². The van der Waals surface area contributed by atoms with Crippen LogP contribution in [0.25, 0.3) is 0 Å². The Morgan fingerprint density at radius 3 is 2.37 bits per heavy atom. The molecule has 2 rings (SSSR count). The van der Waals surface area contributed by atoms with Crippen LogP contribution in [0.15, 0.2) is 42.5 Å². The first-order valence-corrected chi connectivity index (χ1v) is 13.6. The van der Waals surface area contributed by atoms with Gasteiger partial charge in [0.1, 0.15) is 18.3 Å². The minimum absolute atomic E-state index is 0.112. The summed E-state index contributed by atoms with van der Waals surface area (Å²) in [6, 6.07) is 11.2. The molecule has 2 amide bonds. The minimum atomic E-state index is -3.85. The monoisotopic (exact) mass is 523 g/mol. The van der Waals surface area contributed by atoms with Crippen molar-refractivity contribution >= 4 is 39.1 Å². The summed E-state index contributed by atoms with van der Waals surface area (Å²) in [6.07, 6.45) is 2.77. The van der Waals surface area contributed by atoms with Gasteiger partial charge in [-0.05, 0) is 55.7 Å². The van der Waals surface area contributed by atoms with Crippen LogP contribution in [-0.4, -0.2) is 57.6 Å². The first kappa shape index (κ1) is 28.5. The van der Waals surface area contributed by atoms with Gasteiger partial charge in [-0.1, -0.05) is 43.1 Å². The van der Waals surface area contributed by atoms with Gasteiger partial charge < -0.3 is 15.0 Å². The van der Waals surface area contributed by atoms with E-state index in [1.54, 1.807) is 49.4 Å². The molecule has 10 heteroatoms.